The van der Waals surface area contributed by atoms with E-state index in [9.17, 15) is 13.2 Å². The number of rotatable bonds is 5. The number of furan rings is 1. The van der Waals surface area contributed by atoms with E-state index in [1.54, 1.807) is 19.1 Å². The number of hydrogen-bond donors (Lipinski definition) is 2. The predicted molar refractivity (Wildman–Crippen MR) is 68.6 cm³/mol. The summed E-state index contributed by atoms with van der Waals surface area (Å²) >= 11 is 0. The van der Waals surface area contributed by atoms with Gasteiger partial charge in [0.05, 0.1) is 17.9 Å². The molecule has 8 heteroatoms. The van der Waals surface area contributed by atoms with Crippen LogP contribution in [-0.2, 0) is 10.0 Å². The van der Waals surface area contributed by atoms with Gasteiger partial charge in [-0.15, -0.1) is 0 Å². The van der Waals surface area contributed by atoms with Crippen LogP contribution in [0.2, 0.25) is 0 Å². The molecule has 2 aromatic heterocycles. The number of pyridine rings is 1. The van der Waals surface area contributed by atoms with Gasteiger partial charge in [0.15, 0.2) is 5.03 Å². The summed E-state index contributed by atoms with van der Waals surface area (Å²) < 4.78 is 31.6. The molecule has 0 unspecified atom stereocenters. The number of nitrogens with one attached hydrogen (secondary N) is 1. The Bertz CT molecular complexity index is 692. The van der Waals surface area contributed by atoms with E-state index in [2.05, 4.69) is 9.71 Å². The molecule has 0 aliphatic carbocycles. The fraction of sp³-hybridized carbons (Fsp3) is 0.167. The molecule has 106 valence electrons. The lowest BCUT2D eigenvalue weighted by Gasteiger charge is -2.11. The van der Waals surface area contributed by atoms with Gasteiger partial charge >= 0.3 is 5.97 Å². The number of carboxylic acids is 1. The maximum atomic E-state index is 12.1. The molecule has 0 aliphatic rings. The average molecular weight is 296 g/mol. The second-order valence-corrected chi connectivity index (χ2v) is 5.71. The topological polar surface area (TPSA) is 110 Å². The first-order chi connectivity index (χ1) is 9.40. The molecule has 0 saturated carbocycles. The van der Waals surface area contributed by atoms with Gasteiger partial charge in [0.2, 0.25) is 0 Å². The monoisotopic (exact) mass is 296 g/mol. The number of carboxylic acid groups (broad SMARTS) is 1. The largest absolute Gasteiger partial charge is 0.478 e. The minimum absolute atomic E-state index is 0.0805. The van der Waals surface area contributed by atoms with Crippen LogP contribution < -0.4 is 4.72 Å². The number of hydrogen-bond acceptors (Lipinski definition) is 5. The van der Waals surface area contributed by atoms with Crippen molar-refractivity contribution in [3.05, 3.63) is 48.0 Å². The molecule has 7 nitrogen and oxygen atoms in total. The van der Waals surface area contributed by atoms with E-state index in [1.807, 2.05) is 0 Å². The van der Waals surface area contributed by atoms with Gasteiger partial charge in [-0.25, -0.2) is 18.2 Å². The average Bonchev–Trinajstić information content (AvgIpc) is 2.92. The van der Waals surface area contributed by atoms with Crippen molar-refractivity contribution in [2.45, 2.75) is 18.0 Å². The van der Waals surface area contributed by atoms with Crippen molar-refractivity contribution < 1.29 is 22.7 Å². The Morgan fingerprint density at radius 2 is 2.15 bits per heavy atom. The molecule has 2 N–H and O–H groups in total. The summed E-state index contributed by atoms with van der Waals surface area (Å²) in [6, 6.07) is 5.06. The zero-order valence-electron chi connectivity index (χ0n) is 10.5. The third kappa shape index (κ3) is 3.03. The zero-order chi connectivity index (χ0) is 14.8. The van der Waals surface area contributed by atoms with Crippen molar-refractivity contribution in [2.75, 3.05) is 0 Å². The Labute approximate surface area is 115 Å². The molecule has 0 radical (unpaired) electrons. The van der Waals surface area contributed by atoms with E-state index in [0.29, 0.717) is 5.76 Å². The van der Waals surface area contributed by atoms with E-state index < -0.39 is 22.0 Å². The minimum atomic E-state index is -3.84. The predicted octanol–water partition coefficient (Wildman–Crippen LogP) is 1.41. The van der Waals surface area contributed by atoms with Crippen LogP contribution in [0, 0.1) is 0 Å². The first-order valence-corrected chi connectivity index (χ1v) is 7.13. The summed E-state index contributed by atoms with van der Waals surface area (Å²) in [6.45, 7) is 1.63. The molecular weight excluding hydrogens is 284 g/mol. The lowest BCUT2D eigenvalue weighted by atomic mass is 10.3. The van der Waals surface area contributed by atoms with Crippen LogP contribution in [0.15, 0.2) is 46.2 Å². The first-order valence-electron chi connectivity index (χ1n) is 5.65. The molecule has 0 spiro atoms. The summed E-state index contributed by atoms with van der Waals surface area (Å²) in [5, 5.41) is 8.48. The molecule has 0 aromatic carbocycles. The highest BCUT2D eigenvalue weighted by molar-refractivity contribution is 7.89. The third-order valence-corrected chi connectivity index (χ3v) is 4.02. The SMILES string of the molecule is C[C@@H](NS(=O)(=O)c1ccc(C(=O)O)cn1)c1ccco1. The zero-order valence-corrected chi connectivity index (χ0v) is 11.3. The van der Waals surface area contributed by atoms with Crippen LogP contribution >= 0.6 is 0 Å². The standard InChI is InChI=1S/C12H12N2O5S/c1-8(10-3-2-6-19-10)14-20(17,18)11-5-4-9(7-13-11)12(15)16/h2-8,14H,1H3,(H,15,16)/t8-/m1/s1. The highest BCUT2D eigenvalue weighted by Crippen LogP contribution is 2.16. The van der Waals surface area contributed by atoms with Crippen LogP contribution in [0.1, 0.15) is 29.1 Å². The Morgan fingerprint density at radius 1 is 1.40 bits per heavy atom. The van der Waals surface area contributed by atoms with Crippen LogP contribution in [0.25, 0.3) is 0 Å². The Hall–Kier alpha value is -2.19. The number of aromatic nitrogens is 1. The number of carbonyl (C=O) groups is 1. The van der Waals surface area contributed by atoms with E-state index in [1.165, 1.54) is 12.3 Å². The quantitative estimate of drug-likeness (QED) is 0.863. The van der Waals surface area contributed by atoms with Gasteiger partial charge in [-0.1, -0.05) is 0 Å². The van der Waals surface area contributed by atoms with Gasteiger partial charge in [-0.05, 0) is 31.2 Å². The normalized spacial score (nSPS) is 13.1. The molecule has 2 heterocycles. The van der Waals surface area contributed by atoms with Gasteiger partial charge < -0.3 is 9.52 Å². The lowest BCUT2D eigenvalue weighted by Crippen LogP contribution is -2.27. The molecular formula is C12H12N2O5S. The molecule has 0 aliphatic heterocycles. The second kappa shape index (κ2) is 5.43. The number of aromatic carboxylic acids is 1. The Kier molecular flexibility index (Phi) is 3.86. The smallest absolute Gasteiger partial charge is 0.337 e. The van der Waals surface area contributed by atoms with Crippen molar-refractivity contribution in [2.24, 2.45) is 0 Å². The lowest BCUT2D eigenvalue weighted by molar-refractivity contribution is 0.0696. The highest BCUT2D eigenvalue weighted by atomic mass is 32.2. The van der Waals surface area contributed by atoms with Crippen molar-refractivity contribution in [3.8, 4) is 0 Å². The molecule has 0 saturated heterocycles. The molecule has 20 heavy (non-hydrogen) atoms. The molecule has 0 fully saturated rings. The van der Waals surface area contributed by atoms with Crippen molar-refractivity contribution >= 4 is 16.0 Å². The van der Waals surface area contributed by atoms with Crippen molar-refractivity contribution in [1.29, 1.82) is 0 Å². The molecule has 0 amide bonds. The summed E-state index contributed by atoms with van der Waals surface area (Å²) in [7, 11) is -3.84. The maximum absolute atomic E-state index is 12.1. The van der Waals surface area contributed by atoms with Gasteiger partial charge in [-0.2, -0.15) is 4.72 Å². The van der Waals surface area contributed by atoms with Gasteiger partial charge in [0, 0.05) is 6.20 Å². The van der Waals surface area contributed by atoms with E-state index in [-0.39, 0.29) is 10.6 Å². The first kappa shape index (κ1) is 14.2. The summed E-state index contributed by atoms with van der Waals surface area (Å²) in [4.78, 5) is 14.3. The summed E-state index contributed by atoms with van der Waals surface area (Å²) in [5.41, 5.74) is -0.0805. The molecule has 2 rings (SSSR count). The van der Waals surface area contributed by atoms with E-state index in [0.717, 1.165) is 12.3 Å². The fourth-order valence-electron chi connectivity index (χ4n) is 1.55. The fourth-order valence-corrected chi connectivity index (χ4v) is 2.70. The number of nitrogens with zero attached hydrogens (tertiary/aromatic N) is 1. The van der Waals surface area contributed by atoms with Crippen LogP contribution in [0.4, 0.5) is 0 Å². The number of sulfonamides is 1. The van der Waals surface area contributed by atoms with Crippen LogP contribution in [0.3, 0.4) is 0 Å². The Balaban J connectivity index is 2.20. The maximum Gasteiger partial charge on any atom is 0.337 e. The Morgan fingerprint density at radius 3 is 2.65 bits per heavy atom. The third-order valence-electron chi connectivity index (χ3n) is 2.56. The molecule has 0 bridgehead atoms. The van der Waals surface area contributed by atoms with Gasteiger partial charge in [0.25, 0.3) is 10.0 Å². The van der Waals surface area contributed by atoms with Crippen LogP contribution in [0.5, 0.6) is 0 Å². The summed E-state index contributed by atoms with van der Waals surface area (Å²) in [5.74, 6) is -0.700. The van der Waals surface area contributed by atoms with Gasteiger partial charge in [0.1, 0.15) is 5.76 Å². The van der Waals surface area contributed by atoms with Crippen molar-refractivity contribution in [3.63, 3.8) is 0 Å². The van der Waals surface area contributed by atoms with E-state index >= 15 is 0 Å². The molecule has 1 atom stereocenters. The minimum Gasteiger partial charge on any atom is -0.478 e. The summed E-state index contributed by atoms with van der Waals surface area (Å²) in [6.07, 6.45) is 2.44. The highest BCUT2D eigenvalue weighted by Gasteiger charge is 2.21. The molecule has 2 aromatic rings. The van der Waals surface area contributed by atoms with Crippen LogP contribution in [-0.4, -0.2) is 24.5 Å². The second-order valence-electron chi connectivity index (χ2n) is 4.05. The van der Waals surface area contributed by atoms with Crippen molar-refractivity contribution in [1.82, 2.24) is 9.71 Å². The van der Waals surface area contributed by atoms with Gasteiger partial charge in [-0.3, -0.25) is 0 Å². The van der Waals surface area contributed by atoms with E-state index in [4.69, 9.17) is 9.52 Å².